The summed E-state index contributed by atoms with van der Waals surface area (Å²) in [6.07, 6.45) is 2.19. The minimum Gasteiger partial charge on any atom is -0.492 e. The number of benzene rings is 3. The topological polar surface area (TPSA) is 78.9 Å². The molecule has 0 radical (unpaired) electrons. The molecule has 1 amide bonds. The fourth-order valence-corrected chi connectivity index (χ4v) is 4.24. The first kappa shape index (κ1) is 24.2. The summed E-state index contributed by atoms with van der Waals surface area (Å²) in [5, 5.41) is 12.2. The summed E-state index contributed by atoms with van der Waals surface area (Å²) in [5.41, 5.74) is 3.23. The molecular formula is C28H27FN2O4. The second kappa shape index (κ2) is 11.0. The Labute approximate surface area is 203 Å². The highest BCUT2D eigenvalue weighted by molar-refractivity contribution is 5.87. The van der Waals surface area contributed by atoms with Gasteiger partial charge in [0.1, 0.15) is 18.2 Å². The van der Waals surface area contributed by atoms with E-state index >= 15 is 0 Å². The number of carbonyl (C=O) groups excluding carboxylic acids is 1. The van der Waals surface area contributed by atoms with E-state index in [1.54, 1.807) is 30.3 Å². The third-order valence-electron chi connectivity index (χ3n) is 6.16. The van der Waals surface area contributed by atoms with E-state index in [0.29, 0.717) is 31.9 Å². The predicted octanol–water partition coefficient (Wildman–Crippen LogP) is 4.37. The van der Waals surface area contributed by atoms with Crippen LogP contribution in [0.2, 0.25) is 0 Å². The van der Waals surface area contributed by atoms with Crippen molar-refractivity contribution in [1.82, 2.24) is 10.2 Å². The molecule has 4 rings (SSSR count). The third kappa shape index (κ3) is 5.94. The second-order valence-corrected chi connectivity index (χ2v) is 8.41. The quantitative estimate of drug-likeness (QED) is 0.450. The molecule has 0 aromatic heterocycles. The zero-order chi connectivity index (χ0) is 24.8. The molecule has 1 aliphatic rings. The summed E-state index contributed by atoms with van der Waals surface area (Å²) in [5.74, 6) is -0.902. The van der Waals surface area contributed by atoms with Gasteiger partial charge in [-0.15, -0.1) is 6.58 Å². The van der Waals surface area contributed by atoms with E-state index in [1.165, 1.54) is 29.8 Å². The summed E-state index contributed by atoms with van der Waals surface area (Å²) >= 11 is 0. The minimum atomic E-state index is -1.00. The van der Waals surface area contributed by atoms with Gasteiger partial charge >= 0.3 is 5.97 Å². The number of ether oxygens (including phenoxy) is 1. The first-order valence-corrected chi connectivity index (χ1v) is 11.4. The Morgan fingerprint density at radius 1 is 1.09 bits per heavy atom. The van der Waals surface area contributed by atoms with Gasteiger partial charge in [0.25, 0.3) is 0 Å². The van der Waals surface area contributed by atoms with Crippen LogP contribution in [0.15, 0.2) is 85.5 Å². The monoisotopic (exact) mass is 474 g/mol. The fourth-order valence-electron chi connectivity index (χ4n) is 4.24. The Morgan fingerprint density at radius 2 is 1.77 bits per heavy atom. The molecule has 0 saturated carbocycles. The number of nitrogens with zero attached hydrogens (tertiary/aromatic N) is 1. The zero-order valence-electron chi connectivity index (χ0n) is 19.2. The maximum absolute atomic E-state index is 13.4. The Hall–Kier alpha value is -3.97. The van der Waals surface area contributed by atoms with Crippen LogP contribution in [-0.4, -0.2) is 41.1 Å². The van der Waals surface area contributed by atoms with E-state index in [2.05, 4.69) is 22.9 Å². The highest BCUT2D eigenvalue weighted by Gasteiger charge is 2.32. The van der Waals surface area contributed by atoms with E-state index < -0.39 is 18.1 Å². The van der Waals surface area contributed by atoms with Gasteiger partial charge in [0.15, 0.2) is 0 Å². The summed E-state index contributed by atoms with van der Waals surface area (Å²) in [4.78, 5) is 26.7. The zero-order valence-corrected chi connectivity index (χ0v) is 19.2. The number of hydrogen-bond acceptors (Lipinski definition) is 4. The molecule has 6 nitrogen and oxygen atoms in total. The molecule has 7 heteroatoms. The van der Waals surface area contributed by atoms with E-state index in [-0.39, 0.29) is 17.3 Å². The number of carboxylic acid groups (broad SMARTS) is 1. The lowest BCUT2D eigenvalue weighted by Gasteiger charge is -2.36. The van der Waals surface area contributed by atoms with Gasteiger partial charge in [-0.05, 0) is 59.5 Å². The molecule has 0 saturated heterocycles. The fraction of sp³-hybridized carbons (Fsp3) is 0.214. The second-order valence-electron chi connectivity index (χ2n) is 8.41. The van der Waals surface area contributed by atoms with Crippen LogP contribution in [0.1, 0.15) is 33.1 Å². The van der Waals surface area contributed by atoms with Crippen LogP contribution in [0.5, 0.6) is 5.75 Å². The molecule has 2 atom stereocenters. The van der Waals surface area contributed by atoms with Crippen LogP contribution in [-0.2, 0) is 17.8 Å². The van der Waals surface area contributed by atoms with Gasteiger partial charge in [0.05, 0.1) is 17.6 Å². The standard InChI is InChI=1S/C28H27FN2O4/c1-2-25(19-7-9-20(10-8-19)28(33)34)30-27(32)26-17-21-5-3-4-6-22(21)18-31(26)15-16-35-24-13-11-23(29)12-14-24/h2-14,25-26H,1,15-18H2,(H,30,32)(H,33,34)/t25-,26+/m0/s1. The van der Waals surface area contributed by atoms with Crippen LogP contribution >= 0.6 is 0 Å². The summed E-state index contributed by atoms with van der Waals surface area (Å²) < 4.78 is 18.9. The Balaban J connectivity index is 1.47. The van der Waals surface area contributed by atoms with E-state index in [4.69, 9.17) is 9.84 Å². The third-order valence-corrected chi connectivity index (χ3v) is 6.16. The smallest absolute Gasteiger partial charge is 0.335 e. The SMILES string of the molecule is C=C[C@H](NC(=O)[C@H]1Cc2ccccc2CN1CCOc1ccc(F)cc1)c1ccc(C(=O)O)cc1. The van der Waals surface area contributed by atoms with Crippen molar-refractivity contribution in [3.63, 3.8) is 0 Å². The van der Waals surface area contributed by atoms with Gasteiger partial charge < -0.3 is 15.2 Å². The summed E-state index contributed by atoms with van der Waals surface area (Å²) in [6.45, 7) is 5.31. The molecule has 0 bridgehead atoms. The van der Waals surface area contributed by atoms with Gasteiger partial charge in [0.2, 0.25) is 5.91 Å². The van der Waals surface area contributed by atoms with Crippen molar-refractivity contribution in [1.29, 1.82) is 0 Å². The maximum atomic E-state index is 13.4. The van der Waals surface area contributed by atoms with Gasteiger partial charge in [-0.2, -0.15) is 0 Å². The minimum absolute atomic E-state index is 0.145. The lowest BCUT2D eigenvalue weighted by atomic mass is 9.93. The first-order valence-electron chi connectivity index (χ1n) is 11.4. The van der Waals surface area contributed by atoms with Crippen molar-refractivity contribution in [2.75, 3.05) is 13.2 Å². The highest BCUT2D eigenvalue weighted by atomic mass is 19.1. The largest absolute Gasteiger partial charge is 0.492 e. The summed E-state index contributed by atoms with van der Waals surface area (Å²) in [7, 11) is 0. The number of halogens is 1. The van der Waals surface area contributed by atoms with Gasteiger partial charge in [-0.25, -0.2) is 9.18 Å². The van der Waals surface area contributed by atoms with Crippen molar-refractivity contribution in [3.05, 3.63) is 114 Å². The molecule has 0 spiro atoms. The van der Waals surface area contributed by atoms with Crippen LogP contribution < -0.4 is 10.1 Å². The maximum Gasteiger partial charge on any atom is 0.335 e. The highest BCUT2D eigenvalue weighted by Crippen LogP contribution is 2.25. The average Bonchev–Trinajstić information content (AvgIpc) is 2.88. The van der Waals surface area contributed by atoms with Gasteiger partial charge in [0, 0.05) is 13.1 Å². The van der Waals surface area contributed by atoms with E-state index in [9.17, 15) is 14.0 Å². The van der Waals surface area contributed by atoms with E-state index in [0.717, 1.165) is 11.1 Å². The first-order chi connectivity index (χ1) is 16.9. The van der Waals surface area contributed by atoms with Crippen LogP contribution in [0.25, 0.3) is 0 Å². The number of carboxylic acids is 1. The van der Waals surface area contributed by atoms with Gasteiger partial charge in [-0.1, -0.05) is 42.5 Å². The molecule has 180 valence electrons. The number of nitrogens with one attached hydrogen (secondary N) is 1. The number of hydrogen-bond donors (Lipinski definition) is 2. The van der Waals surface area contributed by atoms with Gasteiger partial charge in [-0.3, -0.25) is 9.69 Å². The van der Waals surface area contributed by atoms with Crippen molar-refractivity contribution >= 4 is 11.9 Å². The Kier molecular flexibility index (Phi) is 7.57. The van der Waals surface area contributed by atoms with E-state index in [1.807, 2.05) is 18.2 Å². The molecule has 1 aliphatic heterocycles. The predicted molar refractivity (Wildman–Crippen MR) is 131 cm³/mol. The normalized spacial score (nSPS) is 16.1. The summed E-state index contributed by atoms with van der Waals surface area (Å²) in [6, 6.07) is 19.4. The molecule has 0 aliphatic carbocycles. The van der Waals surface area contributed by atoms with Crippen LogP contribution in [0.3, 0.4) is 0 Å². The molecular weight excluding hydrogens is 447 g/mol. The van der Waals surface area contributed by atoms with Crippen molar-refractivity contribution in [3.8, 4) is 5.75 Å². The molecule has 3 aromatic carbocycles. The number of aromatic carboxylic acids is 1. The molecule has 2 N–H and O–H groups in total. The molecule has 1 heterocycles. The molecule has 35 heavy (non-hydrogen) atoms. The van der Waals surface area contributed by atoms with Crippen molar-refractivity contribution < 1.29 is 23.8 Å². The lowest BCUT2D eigenvalue weighted by Crippen LogP contribution is -2.51. The number of fused-ring (bicyclic) bond motifs is 1. The van der Waals surface area contributed by atoms with Crippen molar-refractivity contribution in [2.45, 2.75) is 25.0 Å². The van der Waals surface area contributed by atoms with Crippen LogP contribution in [0, 0.1) is 5.82 Å². The molecule has 0 fully saturated rings. The lowest BCUT2D eigenvalue weighted by molar-refractivity contribution is -0.127. The number of rotatable bonds is 9. The number of carbonyl (C=O) groups is 2. The van der Waals surface area contributed by atoms with Crippen molar-refractivity contribution in [2.24, 2.45) is 0 Å². The molecule has 0 unspecified atom stereocenters. The van der Waals surface area contributed by atoms with Crippen LogP contribution in [0.4, 0.5) is 4.39 Å². The number of amides is 1. The Morgan fingerprint density at radius 3 is 2.43 bits per heavy atom. The molecule has 3 aromatic rings. The Bertz CT molecular complexity index is 1190. The average molecular weight is 475 g/mol.